The van der Waals surface area contributed by atoms with Gasteiger partial charge in [0.15, 0.2) is 0 Å². The molecule has 3 rings (SSSR count). The Morgan fingerprint density at radius 2 is 1.78 bits per heavy atom. The third kappa shape index (κ3) is 4.00. The van der Waals surface area contributed by atoms with Gasteiger partial charge in [0.05, 0.1) is 6.61 Å². The number of hydrogen-bond donors (Lipinski definition) is 5. The Balaban J connectivity index is 1.87. The number of ether oxygens (including phenoxy) is 1. The lowest BCUT2D eigenvalue weighted by Crippen LogP contribution is -2.59. The summed E-state index contributed by atoms with van der Waals surface area (Å²) in [6, 6.07) is 8.89. The molecule has 1 saturated heterocycles. The second-order valence-electron chi connectivity index (χ2n) is 6.68. The number of halogens is 1. The number of pyridine rings is 1. The molecule has 2 aromatic rings. The van der Waals surface area contributed by atoms with Crippen molar-refractivity contribution >= 4 is 11.6 Å². The van der Waals surface area contributed by atoms with Crippen LogP contribution in [0.1, 0.15) is 17.2 Å². The van der Waals surface area contributed by atoms with Crippen LogP contribution in [0.3, 0.4) is 0 Å². The zero-order valence-electron chi connectivity index (χ0n) is 14.6. The minimum atomic E-state index is -1.53. The van der Waals surface area contributed by atoms with E-state index < -0.39 is 43.2 Å². The summed E-state index contributed by atoms with van der Waals surface area (Å²) in [4.78, 5) is 3.95. The molecule has 6 atom stereocenters. The summed E-state index contributed by atoms with van der Waals surface area (Å²) in [6.07, 6.45) is -6.42. The van der Waals surface area contributed by atoms with Crippen LogP contribution in [0.4, 0.5) is 0 Å². The van der Waals surface area contributed by atoms with E-state index in [9.17, 15) is 25.5 Å². The molecule has 0 amide bonds. The van der Waals surface area contributed by atoms with E-state index in [0.29, 0.717) is 10.7 Å². The van der Waals surface area contributed by atoms with Crippen LogP contribution in [0, 0.1) is 6.92 Å². The third-order valence-corrected chi connectivity index (χ3v) is 5.10. The quantitative estimate of drug-likeness (QED) is 0.480. The Kier molecular flexibility index (Phi) is 6.12. The first-order valence-electron chi connectivity index (χ1n) is 8.54. The smallest absolute Gasteiger partial charge is 0.129 e. The molecule has 1 aromatic heterocycles. The van der Waals surface area contributed by atoms with E-state index in [-0.39, 0.29) is 0 Å². The number of aromatic nitrogens is 1. The largest absolute Gasteiger partial charge is 0.394 e. The summed E-state index contributed by atoms with van der Waals surface area (Å²) in [7, 11) is 0. The first-order valence-corrected chi connectivity index (χ1v) is 8.92. The Bertz CT molecular complexity index is 802. The number of hydrogen-bond acceptors (Lipinski definition) is 7. The molecule has 2 heterocycles. The molecule has 0 saturated carbocycles. The maximum Gasteiger partial charge on any atom is 0.129 e. The van der Waals surface area contributed by atoms with Crippen molar-refractivity contribution < 1.29 is 30.3 Å². The van der Waals surface area contributed by atoms with Gasteiger partial charge in [0.1, 0.15) is 41.8 Å². The van der Waals surface area contributed by atoms with Crippen molar-refractivity contribution in [2.24, 2.45) is 0 Å². The van der Waals surface area contributed by atoms with Crippen LogP contribution in [-0.2, 0) is 4.74 Å². The fraction of sp³-hybridized carbons (Fsp3) is 0.421. The molecular formula is C19H22ClNO6. The van der Waals surface area contributed by atoms with Gasteiger partial charge < -0.3 is 30.3 Å². The minimum Gasteiger partial charge on any atom is -0.394 e. The van der Waals surface area contributed by atoms with Crippen molar-refractivity contribution in [2.75, 3.05) is 6.61 Å². The van der Waals surface area contributed by atoms with Crippen LogP contribution >= 0.6 is 11.6 Å². The van der Waals surface area contributed by atoms with Crippen LogP contribution < -0.4 is 0 Å². The van der Waals surface area contributed by atoms with Gasteiger partial charge in [-0.2, -0.15) is 0 Å². The van der Waals surface area contributed by atoms with Crippen LogP contribution in [-0.4, -0.2) is 67.6 Å². The Hall–Kier alpha value is -1.58. The molecule has 5 N–H and O–H groups in total. The number of aliphatic hydroxyl groups is 5. The van der Waals surface area contributed by atoms with Gasteiger partial charge in [0.2, 0.25) is 0 Å². The van der Waals surface area contributed by atoms with Crippen molar-refractivity contribution in [2.45, 2.75) is 43.5 Å². The standard InChI is InChI=1S/C19H22ClNO6/c1-9-6-10(11-4-5-21-14(20)7-11)2-3-12(9)15(23)19-18(26)17(25)16(24)13(8-22)27-19/h2-7,13,15-19,22-26H,8H2,1H3/t13-,15-,16-,17+,18+,19-/m1/s1. The molecule has 27 heavy (non-hydrogen) atoms. The molecule has 0 aliphatic carbocycles. The molecule has 1 aromatic carbocycles. The van der Waals surface area contributed by atoms with E-state index in [1.807, 2.05) is 12.1 Å². The van der Waals surface area contributed by atoms with Gasteiger partial charge in [0.25, 0.3) is 0 Å². The summed E-state index contributed by atoms with van der Waals surface area (Å²) < 4.78 is 5.45. The summed E-state index contributed by atoms with van der Waals surface area (Å²) >= 11 is 5.93. The topological polar surface area (TPSA) is 123 Å². The van der Waals surface area contributed by atoms with Crippen LogP contribution in [0.2, 0.25) is 5.15 Å². The molecule has 8 heteroatoms. The minimum absolute atomic E-state index is 0.371. The fourth-order valence-corrected chi connectivity index (χ4v) is 3.51. The van der Waals surface area contributed by atoms with E-state index in [2.05, 4.69) is 4.98 Å². The Morgan fingerprint density at radius 1 is 1.07 bits per heavy atom. The molecule has 1 aliphatic heterocycles. The number of aryl methyl sites for hydroxylation is 1. The van der Waals surface area contributed by atoms with Gasteiger partial charge in [-0.3, -0.25) is 0 Å². The van der Waals surface area contributed by atoms with Gasteiger partial charge in [-0.15, -0.1) is 0 Å². The van der Waals surface area contributed by atoms with Crippen molar-refractivity contribution in [1.29, 1.82) is 0 Å². The van der Waals surface area contributed by atoms with Crippen molar-refractivity contribution in [3.63, 3.8) is 0 Å². The van der Waals surface area contributed by atoms with E-state index in [1.54, 1.807) is 31.3 Å². The molecule has 0 spiro atoms. The highest BCUT2D eigenvalue weighted by Crippen LogP contribution is 2.33. The first-order chi connectivity index (χ1) is 12.8. The molecule has 146 valence electrons. The molecular weight excluding hydrogens is 374 g/mol. The predicted molar refractivity (Wildman–Crippen MR) is 98.1 cm³/mol. The predicted octanol–water partition coefficient (Wildman–Crippen LogP) is 0.586. The highest BCUT2D eigenvalue weighted by molar-refractivity contribution is 6.29. The highest BCUT2D eigenvalue weighted by atomic mass is 35.5. The zero-order chi connectivity index (χ0) is 19.7. The van der Waals surface area contributed by atoms with Gasteiger partial charge in [-0.25, -0.2) is 4.98 Å². The number of benzene rings is 1. The summed E-state index contributed by atoms with van der Waals surface area (Å²) in [5.74, 6) is 0. The average molecular weight is 396 g/mol. The normalized spacial score (nSPS) is 29.5. The molecule has 0 unspecified atom stereocenters. The van der Waals surface area contributed by atoms with Crippen LogP contribution in [0.15, 0.2) is 36.5 Å². The van der Waals surface area contributed by atoms with Gasteiger partial charge in [0, 0.05) is 6.20 Å². The fourth-order valence-electron chi connectivity index (χ4n) is 3.34. The van der Waals surface area contributed by atoms with Gasteiger partial charge in [-0.05, 0) is 41.3 Å². The first kappa shape index (κ1) is 20.2. The van der Waals surface area contributed by atoms with Crippen molar-refractivity contribution in [3.05, 3.63) is 52.8 Å². The third-order valence-electron chi connectivity index (χ3n) is 4.89. The second kappa shape index (κ2) is 8.20. The van der Waals surface area contributed by atoms with E-state index in [4.69, 9.17) is 16.3 Å². The SMILES string of the molecule is Cc1cc(-c2ccnc(Cl)c2)ccc1[C@@H](O)[C@H]1O[C@H](CO)[C@@H](O)[C@H](O)[C@@H]1O. The molecule has 7 nitrogen and oxygen atoms in total. The van der Waals surface area contributed by atoms with Crippen LogP contribution in [0.5, 0.6) is 0 Å². The maximum absolute atomic E-state index is 10.7. The van der Waals surface area contributed by atoms with Crippen molar-refractivity contribution in [1.82, 2.24) is 4.98 Å². The lowest BCUT2D eigenvalue weighted by Gasteiger charge is -2.42. The molecule has 0 bridgehead atoms. The monoisotopic (exact) mass is 395 g/mol. The number of aliphatic hydroxyl groups excluding tert-OH is 5. The van der Waals surface area contributed by atoms with E-state index in [1.165, 1.54) is 0 Å². The number of nitrogens with zero attached hydrogens (tertiary/aromatic N) is 1. The van der Waals surface area contributed by atoms with E-state index in [0.717, 1.165) is 16.7 Å². The van der Waals surface area contributed by atoms with Gasteiger partial charge >= 0.3 is 0 Å². The zero-order valence-corrected chi connectivity index (χ0v) is 15.4. The van der Waals surface area contributed by atoms with Crippen molar-refractivity contribution in [3.8, 4) is 11.1 Å². The maximum atomic E-state index is 10.7. The lowest BCUT2D eigenvalue weighted by molar-refractivity contribution is -0.250. The Morgan fingerprint density at radius 3 is 2.41 bits per heavy atom. The highest BCUT2D eigenvalue weighted by Gasteiger charge is 2.46. The van der Waals surface area contributed by atoms with E-state index >= 15 is 0 Å². The summed E-state index contributed by atoms with van der Waals surface area (Å²) in [6.45, 7) is 1.25. The Labute approximate surface area is 161 Å². The summed E-state index contributed by atoms with van der Waals surface area (Å²) in [5, 5.41) is 50.4. The molecule has 0 radical (unpaired) electrons. The second-order valence-corrected chi connectivity index (χ2v) is 7.06. The molecule has 1 aliphatic rings. The van der Waals surface area contributed by atoms with Crippen LogP contribution in [0.25, 0.3) is 11.1 Å². The summed E-state index contributed by atoms with van der Waals surface area (Å²) in [5.41, 5.74) is 2.99. The van der Waals surface area contributed by atoms with Gasteiger partial charge in [-0.1, -0.05) is 29.8 Å². The molecule has 1 fully saturated rings. The lowest BCUT2D eigenvalue weighted by atomic mass is 9.88. The average Bonchev–Trinajstić information content (AvgIpc) is 2.66. The number of rotatable bonds is 4.